The first-order valence-electron chi connectivity index (χ1n) is 5.87. The summed E-state index contributed by atoms with van der Waals surface area (Å²) in [5.41, 5.74) is -0.505. The van der Waals surface area contributed by atoms with Crippen LogP contribution in [0.1, 0.15) is 34.6 Å². The van der Waals surface area contributed by atoms with E-state index in [0.717, 1.165) is 0 Å². The number of aliphatic hydroxyl groups is 1. The number of hydrogen-bond acceptors (Lipinski definition) is 3. The number of carbonyl (C=O) groups excluding carboxylic acids is 2. The predicted octanol–water partition coefficient (Wildman–Crippen LogP) is 0.282. The van der Waals surface area contributed by atoms with Gasteiger partial charge in [-0.15, -0.1) is 0 Å². The van der Waals surface area contributed by atoms with Gasteiger partial charge in [0, 0.05) is 5.41 Å². The van der Waals surface area contributed by atoms with E-state index in [1.807, 2.05) is 13.8 Å². The average molecular weight is 244 g/mol. The van der Waals surface area contributed by atoms with E-state index in [0.29, 0.717) is 0 Å². The number of amides is 2. The number of aliphatic hydroxyl groups excluding tert-OH is 1. The highest BCUT2D eigenvalue weighted by Gasteiger charge is 2.22. The fourth-order valence-corrected chi connectivity index (χ4v) is 1.11. The molecule has 0 rings (SSSR count). The summed E-state index contributed by atoms with van der Waals surface area (Å²) >= 11 is 0. The largest absolute Gasteiger partial charge is 0.394 e. The maximum Gasteiger partial charge on any atom is 0.239 e. The summed E-state index contributed by atoms with van der Waals surface area (Å²) < 4.78 is 0. The van der Waals surface area contributed by atoms with E-state index in [9.17, 15) is 9.59 Å². The lowest BCUT2D eigenvalue weighted by molar-refractivity contribution is -0.131. The maximum atomic E-state index is 11.5. The second-order valence-electron chi connectivity index (χ2n) is 5.53. The molecule has 100 valence electrons. The van der Waals surface area contributed by atoms with Gasteiger partial charge in [-0.1, -0.05) is 34.6 Å². The number of carbonyl (C=O) groups is 2. The molecule has 2 amide bonds. The summed E-state index contributed by atoms with van der Waals surface area (Å²) in [6.07, 6.45) is 0. The van der Waals surface area contributed by atoms with Crippen LogP contribution in [0.4, 0.5) is 0 Å². The van der Waals surface area contributed by atoms with E-state index in [1.165, 1.54) is 0 Å². The van der Waals surface area contributed by atoms with Crippen LogP contribution >= 0.6 is 0 Å². The van der Waals surface area contributed by atoms with Crippen molar-refractivity contribution in [2.75, 3.05) is 13.2 Å². The van der Waals surface area contributed by atoms with Crippen LogP contribution in [0.2, 0.25) is 0 Å². The van der Waals surface area contributed by atoms with Crippen LogP contribution in [0, 0.1) is 11.3 Å². The molecule has 17 heavy (non-hydrogen) atoms. The van der Waals surface area contributed by atoms with E-state index in [-0.39, 0.29) is 36.9 Å². The van der Waals surface area contributed by atoms with Crippen molar-refractivity contribution < 1.29 is 14.7 Å². The zero-order valence-corrected chi connectivity index (χ0v) is 11.3. The molecule has 5 heteroatoms. The van der Waals surface area contributed by atoms with Gasteiger partial charge < -0.3 is 15.7 Å². The molecule has 0 aromatic heterocycles. The van der Waals surface area contributed by atoms with Gasteiger partial charge in [-0.05, 0) is 5.92 Å². The Kier molecular flexibility index (Phi) is 6.16. The van der Waals surface area contributed by atoms with Crippen molar-refractivity contribution in [2.24, 2.45) is 11.3 Å². The minimum Gasteiger partial charge on any atom is -0.394 e. The molecule has 3 N–H and O–H groups in total. The van der Waals surface area contributed by atoms with E-state index < -0.39 is 5.41 Å². The van der Waals surface area contributed by atoms with E-state index in [1.54, 1.807) is 20.8 Å². The van der Waals surface area contributed by atoms with Gasteiger partial charge in [-0.3, -0.25) is 9.59 Å². The summed E-state index contributed by atoms with van der Waals surface area (Å²) in [7, 11) is 0. The third kappa shape index (κ3) is 6.26. The van der Waals surface area contributed by atoms with Crippen LogP contribution in [0.3, 0.4) is 0 Å². The Morgan fingerprint density at radius 1 is 1.24 bits per heavy atom. The summed E-state index contributed by atoms with van der Waals surface area (Å²) in [5, 5.41) is 14.3. The molecule has 1 atom stereocenters. The van der Waals surface area contributed by atoms with Crippen LogP contribution in [0.15, 0.2) is 0 Å². The highest BCUT2D eigenvalue weighted by Crippen LogP contribution is 2.11. The van der Waals surface area contributed by atoms with Crippen molar-refractivity contribution >= 4 is 11.8 Å². The summed E-state index contributed by atoms with van der Waals surface area (Å²) in [6.45, 7) is 9.01. The van der Waals surface area contributed by atoms with Crippen molar-refractivity contribution in [1.82, 2.24) is 10.6 Å². The van der Waals surface area contributed by atoms with E-state index in [2.05, 4.69) is 10.6 Å². The monoisotopic (exact) mass is 244 g/mol. The third-order valence-electron chi connectivity index (χ3n) is 2.44. The van der Waals surface area contributed by atoms with E-state index >= 15 is 0 Å². The molecule has 0 spiro atoms. The molecule has 0 aromatic carbocycles. The van der Waals surface area contributed by atoms with Crippen LogP contribution in [-0.4, -0.2) is 36.1 Å². The van der Waals surface area contributed by atoms with Gasteiger partial charge in [0.1, 0.15) is 0 Å². The highest BCUT2D eigenvalue weighted by atomic mass is 16.3. The Bertz CT molecular complexity index is 269. The minimum atomic E-state index is -0.505. The summed E-state index contributed by atoms with van der Waals surface area (Å²) in [5.74, 6) is -0.296. The van der Waals surface area contributed by atoms with Crippen LogP contribution < -0.4 is 10.6 Å². The Labute approximate surface area is 103 Å². The van der Waals surface area contributed by atoms with Crippen LogP contribution in [0.5, 0.6) is 0 Å². The first kappa shape index (κ1) is 15.9. The summed E-state index contributed by atoms with van der Waals surface area (Å²) in [4.78, 5) is 23.0. The molecule has 0 bridgehead atoms. The zero-order chi connectivity index (χ0) is 13.6. The maximum absolute atomic E-state index is 11.5. The fraction of sp³-hybridized carbons (Fsp3) is 0.833. The predicted molar refractivity (Wildman–Crippen MR) is 66.3 cm³/mol. The smallest absolute Gasteiger partial charge is 0.239 e. The Hall–Kier alpha value is -1.10. The van der Waals surface area contributed by atoms with Gasteiger partial charge in [0.05, 0.1) is 19.2 Å². The quantitative estimate of drug-likeness (QED) is 0.650. The van der Waals surface area contributed by atoms with Crippen molar-refractivity contribution in [3.63, 3.8) is 0 Å². The lowest BCUT2D eigenvalue weighted by Crippen LogP contribution is -2.47. The van der Waals surface area contributed by atoms with Gasteiger partial charge in [0.25, 0.3) is 0 Å². The molecular weight excluding hydrogens is 220 g/mol. The molecule has 0 heterocycles. The Morgan fingerprint density at radius 2 is 1.76 bits per heavy atom. The molecular formula is C12H24N2O3. The van der Waals surface area contributed by atoms with Gasteiger partial charge in [0.2, 0.25) is 11.8 Å². The second-order valence-corrected chi connectivity index (χ2v) is 5.53. The Morgan fingerprint density at radius 3 is 2.12 bits per heavy atom. The molecule has 0 saturated heterocycles. The van der Waals surface area contributed by atoms with Crippen LogP contribution in [0.25, 0.3) is 0 Å². The molecule has 0 saturated carbocycles. The number of nitrogens with one attached hydrogen (secondary N) is 2. The lowest BCUT2D eigenvalue weighted by atomic mass is 9.96. The fourth-order valence-electron chi connectivity index (χ4n) is 1.11. The highest BCUT2D eigenvalue weighted by molar-refractivity contribution is 5.87. The van der Waals surface area contributed by atoms with Crippen LogP contribution in [-0.2, 0) is 9.59 Å². The van der Waals surface area contributed by atoms with Gasteiger partial charge in [0.15, 0.2) is 0 Å². The minimum absolute atomic E-state index is 0.0562. The molecule has 0 aliphatic heterocycles. The van der Waals surface area contributed by atoms with Crippen molar-refractivity contribution in [2.45, 2.75) is 40.7 Å². The second kappa shape index (κ2) is 6.59. The van der Waals surface area contributed by atoms with Gasteiger partial charge in [-0.2, -0.15) is 0 Å². The number of hydrogen-bond donors (Lipinski definition) is 3. The SMILES string of the molecule is CC(C)[C@@H](CO)NC(=O)CNC(=O)C(C)(C)C. The third-order valence-corrected chi connectivity index (χ3v) is 2.44. The zero-order valence-electron chi connectivity index (χ0n) is 11.3. The molecule has 0 aromatic rings. The topological polar surface area (TPSA) is 78.4 Å². The van der Waals surface area contributed by atoms with Crippen molar-refractivity contribution in [3.8, 4) is 0 Å². The Balaban J connectivity index is 4.08. The average Bonchev–Trinajstić information content (AvgIpc) is 2.20. The lowest BCUT2D eigenvalue weighted by Gasteiger charge is -2.21. The molecule has 5 nitrogen and oxygen atoms in total. The molecule has 0 aliphatic carbocycles. The first-order valence-corrected chi connectivity index (χ1v) is 5.87. The standard InChI is InChI=1S/C12H24N2O3/c1-8(2)9(7-15)14-10(16)6-13-11(17)12(3,4)5/h8-9,15H,6-7H2,1-5H3,(H,13,17)(H,14,16)/t9-/m1/s1. The summed E-state index contributed by atoms with van der Waals surface area (Å²) in [6, 6.07) is -0.269. The number of rotatable bonds is 5. The van der Waals surface area contributed by atoms with E-state index in [4.69, 9.17) is 5.11 Å². The van der Waals surface area contributed by atoms with Crippen molar-refractivity contribution in [1.29, 1.82) is 0 Å². The molecule has 0 aliphatic rings. The van der Waals surface area contributed by atoms with Gasteiger partial charge in [-0.25, -0.2) is 0 Å². The molecule has 0 fully saturated rings. The molecule has 0 unspecified atom stereocenters. The van der Waals surface area contributed by atoms with Gasteiger partial charge >= 0.3 is 0 Å². The molecule has 0 radical (unpaired) electrons. The van der Waals surface area contributed by atoms with Crippen molar-refractivity contribution in [3.05, 3.63) is 0 Å². The first-order chi connectivity index (χ1) is 7.68. The normalized spacial score (nSPS) is 13.4.